The van der Waals surface area contributed by atoms with Gasteiger partial charge in [0, 0.05) is 63.0 Å². The van der Waals surface area contributed by atoms with Crippen molar-refractivity contribution in [2.45, 2.75) is 37.3 Å². The summed E-state index contributed by atoms with van der Waals surface area (Å²) in [6.45, 7) is 0.782. The maximum Gasteiger partial charge on any atom is 0.435 e. The molecule has 0 bridgehead atoms. The number of amides is 4. The number of benzene rings is 1. The van der Waals surface area contributed by atoms with Gasteiger partial charge in [-0.2, -0.15) is 18.3 Å². The fourth-order valence-electron chi connectivity index (χ4n) is 6.09. The number of carbonyl (C=O) groups is 3. The van der Waals surface area contributed by atoms with Crippen LogP contribution in [0.5, 0.6) is 0 Å². The number of hydrogen-bond donors (Lipinski definition) is 5. The third-order valence-corrected chi connectivity index (χ3v) is 8.88. The largest absolute Gasteiger partial charge is 0.435 e. The standard InChI is InChI=1S/C28H29ClF5N9O4/c1-41-19(16-10-43(11-21(30)31)40-23(16)28(32,33)34)6-36-24(41)26(46)37-12-2-3-13(17(29)4-12)25(45)39-22-14-8-42(9-15(14)22)27(47)38-18-5-35-7-20(18)44/h2-4,6,10,14-15,18,20-22,35,44H,5,7-9,11H2,1H3,(H,37,46)(H,38,47)(H,39,45)/t14-,15+,18-,20-,22?/m1/s1. The number of rotatable bonds is 8. The average molecular weight is 686 g/mol. The summed E-state index contributed by atoms with van der Waals surface area (Å²) in [4.78, 5) is 44.1. The Morgan fingerprint density at radius 1 is 1.13 bits per heavy atom. The van der Waals surface area contributed by atoms with Crippen LogP contribution in [0.2, 0.25) is 5.02 Å². The van der Waals surface area contributed by atoms with Crippen molar-refractivity contribution >= 4 is 35.1 Å². The van der Waals surface area contributed by atoms with Gasteiger partial charge >= 0.3 is 12.2 Å². The molecule has 1 saturated carbocycles. The van der Waals surface area contributed by atoms with Crippen molar-refractivity contribution in [2.75, 3.05) is 31.5 Å². The van der Waals surface area contributed by atoms with Gasteiger partial charge in [-0.3, -0.25) is 14.3 Å². The van der Waals surface area contributed by atoms with Crippen molar-refractivity contribution in [2.24, 2.45) is 18.9 Å². The van der Waals surface area contributed by atoms with E-state index in [0.29, 0.717) is 30.9 Å². The summed E-state index contributed by atoms with van der Waals surface area (Å²) in [5.74, 6) is -1.36. The molecule has 2 aromatic heterocycles. The van der Waals surface area contributed by atoms with Gasteiger partial charge in [0.1, 0.15) is 6.54 Å². The maximum absolute atomic E-state index is 13.6. The topological polar surface area (TPSA) is 158 Å². The number of nitrogens with one attached hydrogen (secondary N) is 4. The number of carbonyl (C=O) groups excluding carboxylic acids is 3. The number of hydrogen-bond acceptors (Lipinski definition) is 7. The molecule has 2 aliphatic heterocycles. The van der Waals surface area contributed by atoms with Gasteiger partial charge in [0.25, 0.3) is 18.2 Å². The SMILES string of the molecule is Cn1c(-c2cn(CC(F)F)nc2C(F)(F)F)cnc1C(=O)Nc1ccc(C(=O)NC2[C@H]3CN(C(=O)N[C@@H]4CNC[C@H]4O)C[C@@H]23)c(Cl)c1. The number of β-amino-alcohol motifs (C(OH)–C–C–N with tert-alkyl or cyclic N) is 1. The van der Waals surface area contributed by atoms with Gasteiger partial charge in [0.05, 0.1) is 40.2 Å². The number of nitrogens with zero attached hydrogens (tertiary/aromatic N) is 5. The monoisotopic (exact) mass is 685 g/mol. The average Bonchev–Trinajstić information content (AvgIpc) is 3.54. The minimum Gasteiger partial charge on any atom is -0.390 e. The number of aliphatic hydroxyl groups is 1. The lowest BCUT2D eigenvalue weighted by Crippen LogP contribution is -2.49. The first-order chi connectivity index (χ1) is 22.2. The molecule has 3 fully saturated rings. The van der Waals surface area contributed by atoms with Crippen LogP contribution in [0.25, 0.3) is 11.3 Å². The van der Waals surface area contributed by atoms with Crippen LogP contribution in [0, 0.1) is 11.8 Å². The molecule has 2 saturated heterocycles. The molecule has 5 N–H and O–H groups in total. The molecular weight excluding hydrogens is 657 g/mol. The summed E-state index contributed by atoms with van der Waals surface area (Å²) in [6.07, 6.45) is -6.70. The Labute approximate surface area is 268 Å². The van der Waals surface area contributed by atoms with Crippen LogP contribution in [0.4, 0.5) is 32.4 Å². The van der Waals surface area contributed by atoms with Crippen LogP contribution in [-0.4, -0.2) is 98.0 Å². The zero-order valence-electron chi connectivity index (χ0n) is 24.6. The molecule has 13 nitrogen and oxygen atoms in total. The van der Waals surface area contributed by atoms with Gasteiger partial charge in [-0.1, -0.05) is 11.6 Å². The zero-order chi connectivity index (χ0) is 33.8. The molecule has 1 aliphatic carbocycles. The minimum absolute atomic E-state index is 0.0256. The van der Waals surface area contributed by atoms with E-state index in [4.69, 9.17) is 11.6 Å². The lowest BCUT2D eigenvalue weighted by atomic mass is 10.2. The second-order valence-corrected chi connectivity index (χ2v) is 12.1. The Hall–Kier alpha value is -4.29. The van der Waals surface area contributed by atoms with Crippen LogP contribution < -0.4 is 21.3 Å². The predicted molar refractivity (Wildman–Crippen MR) is 156 cm³/mol. The van der Waals surface area contributed by atoms with E-state index in [0.717, 1.165) is 17.0 Å². The van der Waals surface area contributed by atoms with E-state index in [1.165, 1.54) is 25.2 Å². The summed E-state index contributed by atoms with van der Waals surface area (Å²) in [5.41, 5.74) is -1.78. The van der Waals surface area contributed by atoms with Crippen LogP contribution in [-0.2, 0) is 19.8 Å². The molecule has 4 amide bonds. The molecule has 6 rings (SSSR count). The van der Waals surface area contributed by atoms with Gasteiger partial charge in [-0.15, -0.1) is 0 Å². The second kappa shape index (κ2) is 12.4. The van der Waals surface area contributed by atoms with Crippen molar-refractivity contribution in [3.05, 3.63) is 52.7 Å². The van der Waals surface area contributed by atoms with Gasteiger partial charge in [0.15, 0.2) is 11.5 Å². The first-order valence-electron chi connectivity index (χ1n) is 14.5. The number of fused-ring (bicyclic) bond motifs is 1. The maximum atomic E-state index is 13.6. The normalized spacial score (nSPS) is 23.6. The second-order valence-electron chi connectivity index (χ2n) is 11.7. The van der Waals surface area contributed by atoms with Crippen molar-refractivity contribution in [3.8, 4) is 11.3 Å². The lowest BCUT2D eigenvalue weighted by molar-refractivity contribution is -0.141. The molecule has 5 atom stereocenters. The van der Waals surface area contributed by atoms with Crippen molar-refractivity contribution in [1.29, 1.82) is 0 Å². The Morgan fingerprint density at radius 2 is 1.85 bits per heavy atom. The molecular formula is C28H29ClF5N9O4. The third-order valence-electron chi connectivity index (χ3n) is 8.56. The van der Waals surface area contributed by atoms with Gasteiger partial charge < -0.3 is 35.8 Å². The number of piperidine rings is 1. The molecule has 0 spiro atoms. The van der Waals surface area contributed by atoms with E-state index < -0.39 is 48.3 Å². The van der Waals surface area contributed by atoms with Crippen molar-refractivity contribution in [1.82, 2.24) is 40.2 Å². The fourth-order valence-corrected chi connectivity index (χ4v) is 6.35. The highest BCUT2D eigenvalue weighted by atomic mass is 35.5. The van der Waals surface area contributed by atoms with Crippen LogP contribution >= 0.6 is 11.6 Å². The molecule has 3 aliphatic rings. The van der Waals surface area contributed by atoms with Gasteiger partial charge in [0.2, 0.25) is 0 Å². The van der Waals surface area contributed by atoms with Gasteiger partial charge in [-0.05, 0) is 18.2 Å². The van der Waals surface area contributed by atoms with Crippen LogP contribution in [0.15, 0.2) is 30.6 Å². The fraction of sp³-hybridized carbons (Fsp3) is 0.464. The number of urea groups is 1. The predicted octanol–water partition coefficient (Wildman–Crippen LogP) is 2.18. The minimum atomic E-state index is -4.95. The van der Waals surface area contributed by atoms with E-state index >= 15 is 0 Å². The number of likely N-dealkylation sites (tertiary alicyclic amines) is 1. The number of alkyl halides is 5. The summed E-state index contributed by atoms with van der Waals surface area (Å²) in [7, 11) is 1.29. The molecule has 47 heavy (non-hydrogen) atoms. The van der Waals surface area contributed by atoms with Crippen LogP contribution in [0.3, 0.4) is 0 Å². The first kappa shape index (κ1) is 32.6. The zero-order valence-corrected chi connectivity index (χ0v) is 25.3. The molecule has 4 heterocycles. The third kappa shape index (κ3) is 6.62. The number of halogens is 6. The van der Waals surface area contributed by atoms with E-state index in [1.54, 1.807) is 4.90 Å². The van der Waals surface area contributed by atoms with E-state index in [1.807, 2.05) is 0 Å². The highest BCUT2D eigenvalue weighted by Crippen LogP contribution is 2.45. The Morgan fingerprint density at radius 3 is 2.47 bits per heavy atom. The molecule has 3 aromatic rings. The molecule has 0 radical (unpaired) electrons. The molecule has 19 heteroatoms. The molecule has 1 unspecified atom stereocenters. The molecule has 1 aromatic carbocycles. The lowest BCUT2D eigenvalue weighted by Gasteiger charge is -2.24. The Kier molecular flexibility index (Phi) is 8.60. The number of imidazole rings is 1. The first-order valence-corrected chi connectivity index (χ1v) is 14.9. The number of anilines is 1. The van der Waals surface area contributed by atoms with Crippen LogP contribution in [0.1, 0.15) is 26.7 Å². The van der Waals surface area contributed by atoms with Crippen molar-refractivity contribution < 1.29 is 41.4 Å². The van der Waals surface area contributed by atoms with Gasteiger partial charge in [-0.25, -0.2) is 18.6 Å². The van der Waals surface area contributed by atoms with E-state index in [9.17, 15) is 41.4 Å². The summed E-state index contributed by atoms with van der Waals surface area (Å²) in [6, 6.07) is 3.41. The van der Waals surface area contributed by atoms with Crippen molar-refractivity contribution in [3.63, 3.8) is 0 Å². The highest BCUT2D eigenvalue weighted by molar-refractivity contribution is 6.34. The quantitative estimate of drug-likeness (QED) is 0.228. The molecule has 252 valence electrons. The summed E-state index contributed by atoms with van der Waals surface area (Å²) >= 11 is 6.36. The summed E-state index contributed by atoms with van der Waals surface area (Å²) in [5, 5.41) is 24.5. The number of aliphatic hydroxyl groups excluding tert-OH is 1. The Bertz CT molecular complexity index is 1700. The highest BCUT2D eigenvalue weighted by Gasteiger charge is 2.57. The summed E-state index contributed by atoms with van der Waals surface area (Å²) < 4.78 is 68.0. The Balaban J connectivity index is 1.06. The smallest absolute Gasteiger partial charge is 0.390 e. The van der Waals surface area contributed by atoms with E-state index in [-0.39, 0.29) is 57.7 Å². The number of aromatic nitrogens is 4. The van der Waals surface area contributed by atoms with E-state index in [2.05, 4.69) is 31.3 Å².